The average molecular weight is 291 g/mol. The summed E-state index contributed by atoms with van der Waals surface area (Å²) in [4.78, 5) is 12.1. The third kappa shape index (κ3) is 3.03. The van der Waals surface area contributed by atoms with E-state index in [-0.39, 0.29) is 5.91 Å². The molecule has 5 heteroatoms. The van der Waals surface area contributed by atoms with Crippen LogP contribution >= 0.6 is 11.6 Å². The molecule has 4 nitrogen and oxygen atoms in total. The number of ether oxygens (including phenoxy) is 1. The number of nitrogens with one attached hydrogen (secondary N) is 1. The minimum Gasteiger partial charge on any atom is -0.497 e. The molecule has 0 atom stereocenters. The van der Waals surface area contributed by atoms with Gasteiger partial charge in [-0.15, -0.1) is 0 Å². The van der Waals surface area contributed by atoms with E-state index in [2.05, 4.69) is 5.32 Å². The molecule has 1 amide bonds. The van der Waals surface area contributed by atoms with E-state index < -0.39 is 0 Å². The molecule has 0 unspecified atom stereocenters. The van der Waals surface area contributed by atoms with Gasteiger partial charge in [-0.25, -0.2) is 0 Å². The zero-order valence-corrected chi connectivity index (χ0v) is 12.0. The van der Waals surface area contributed by atoms with Crippen LogP contribution < -0.4 is 15.8 Å². The number of carbonyl (C=O) groups is 1. The van der Waals surface area contributed by atoms with Crippen molar-refractivity contribution in [2.75, 3.05) is 18.2 Å². The van der Waals surface area contributed by atoms with Crippen LogP contribution in [0.3, 0.4) is 0 Å². The fourth-order valence-corrected chi connectivity index (χ4v) is 1.90. The van der Waals surface area contributed by atoms with E-state index in [0.29, 0.717) is 16.3 Å². The molecule has 0 spiro atoms. The number of anilines is 2. The quantitative estimate of drug-likeness (QED) is 0.851. The molecule has 2 rings (SSSR count). The maximum Gasteiger partial charge on any atom is 0.255 e. The normalized spacial score (nSPS) is 10.2. The van der Waals surface area contributed by atoms with Crippen molar-refractivity contribution >= 4 is 28.9 Å². The zero-order chi connectivity index (χ0) is 14.7. The van der Waals surface area contributed by atoms with Crippen molar-refractivity contribution in [3.05, 3.63) is 52.5 Å². The van der Waals surface area contributed by atoms with Crippen molar-refractivity contribution in [1.29, 1.82) is 0 Å². The molecule has 0 aliphatic carbocycles. The van der Waals surface area contributed by atoms with Crippen LogP contribution in [0.15, 0.2) is 36.4 Å². The summed E-state index contributed by atoms with van der Waals surface area (Å²) in [6.07, 6.45) is 0. The van der Waals surface area contributed by atoms with Crippen molar-refractivity contribution in [2.45, 2.75) is 6.92 Å². The lowest BCUT2D eigenvalue weighted by Crippen LogP contribution is -2.13. The largest absolute Gasteiger partial charge is 0.497 e. The highest BCUT2D eigenvalue weighted by molar-refractivity contribution is 6.33. The number of benzene rings is 2. The second-order valence-corrected chi connectivity index (χ2v) is 4.78. The minimum absolute atomic E-state index is 0.235. The number of amides is 1. The lowest BCUT2D eigenvalue weighted by Gasteiger charge is -2.10. The molecule has 104 valence electrons. The van der Waals surface area contributed by atoms with Gasteiger partial charge in [-0.2, -0.15) is 0 Å². The average Bonchev–Trinajstić information content (AvgIpc) is 2.43. The second-order valence-electron chi connectivity index (χ2n) is 4.37. The van der Waals surface area contributed by atoms with Gasteiger partial charge < -0.3 is 15.8 Å². The van der Waals surface area contributed by atoms with Gasteiger partial charge in [-0.05, 0) is 48.9 Å². The molecule has 20 heavy (non-hydrogen) atoms. The topological polar surface area (TPSA) is 64.3 Å². The van der Waals surface area contributed by atoms with E-state index in [1.807, 2.05) is 13.0 Å². The molecule has 0 aliphatic rings. The highest BCUT2D eigenvalue weighted by Crippen LogP contribution is 2.23. The van der Waals surface area contributed by atoms with Crippen LogP contribution in [-0.4, -0.2) is 13.0 Å². The van der Waals surface area contributed by atoms with Gasteiger partial charge in [0.1, 0.15) is 5.75 Å². The molecular formula is C15H15ClN2O2. The van der Waals surface area contributed by atoms with Gasteiger partial charge in [0.15, 0.2) is 0 Å². The summed E-state index contributed by atoms with van der Waals surface area (Å²) in [5.74, 6) is 0.512. The van der Waals surface area contributed by atoms with E-state index >= 15 is 0 Å². The van der Waals surface area contributed by atoms with Gasteiger partial charge in [0.25, 0.3) is 5.91 Å². The summed E-state index contributed by atoms with van der Waals surface area (Å²) < 4.78 is 5.12. The lowest BCUT2D eigenvalue weighted by molar-refractivity contribution is 0.102. The molecule has 0 fully saturated rings. The molecule has 0 saturated carbocycles. The maximum atomic E-state index is 12.1. The van der Waals surface area contributed by atoms with E-state index in [9.17, 15) is 4.79 Å². The van der Waals surface area contributed by atoms with E-state index in [4.69, 9.17) is 22.1 Å². The van der Waals surface area contributed by atoms with Gasteiger partial charge in [-0.3, -0.25) is 4.79 Å². The lowest BCUT2D eigenvalue weighted by atomic mass is 10.1. The van der Waals surface area contributed by atoms with Crippen molar-refractivity contribution in [3.63, 3.8) is 0 Å². The number of rotatable bonds is 3. The Balaban J connectivity index is 2.21. The van der Waals surface area contributed by atoms with Crippen molar-refractivity contribution < 1.29 is 9.53 Å². The number of carbonyl (C=O) groups excluding carboxylic acids is 1. The Labute approximate surface area is 122 Å². The number of hydrogen-bond donors (Lipinski definition) is 2. The molecule has 0 heterocycles. The van der Waals surface area contributed by atoms with E-state index in [1.54, 1.807) is 37.4 Å². The molecule has 0 aromatic heterocycles. The van der Waals surface area contributed by atoms with Gasteiger partial charge in [0.2, 0.25) is 0 Å². The fraction of sp³-hybridized carbons (Fsp3) is 0.133. The van der Waals surface area contributed by atoms with Crippen LogP contribution in [0.25, 0.3) is 0 Å². The van der Waals surface area contributed by atoms with Crippen LogP contribution in [0.4, 0.5) is 11.4 Å². The molecule has 0 saturated heterocycles. The summed E-state index contributed by atoms with van der Waals surface area (Å²) >= 11 is 5.83. The predicted molar refractivity (Wildman–Crippen MR) is 81.5 cm³/mol. The first-order valence-corrected chi connectivity index (χ1v) is 6.40. The molecule has 3 N–H and O–H groups in total. The Kier molecular flexibility index (Phi) is 4.15. The molecule has 2 aromatic carbocycles. The summed E-state index contributed by atoms with van der Waals surface area (Å²) in [5, 5.41) is 3.26. The molecular weight excluding hydrogens is 276 g/mol. The summed E-state index contributed by atoms with van der Waals surface area (Å²) in [7, 11) is 1.60. The number of aryl methyl sites for hydroxylation is 1. The first-order valence-electron chi connectivity index (χ1n) is 6.02. The van der Waals surface area contributed by atoms with Crippen LogP contribution in [0, 0.1) is 6.92 Å². The molecule has 2 aromatic rings. The Morgan fingerprint density at radius 1 is 1.25 bits per heavy atom. The summed E-state index contributed by atoms with van der Waals surface area (Å²) in [6, 6.07) is 10.2. The van der Waals surface area contributed by atoms with E-state index in [0.717, 1.165) is 17.0 Å². The van der Waals surface area contributed by atoms with Crippen LogP contribution in [0.1, 0.15) is 15.9 Å². The first kappa shape index (κ1) is 14.2. The number of nitrogens with two attached hydrogens (primary N) is 1. The second kappa shape index (κ2) is 5.84. The van der Waals surface area contributed by atoms with Crippen LogP contribution in [-0.2, 0) is 0 Å². The van der Waals surface area contributed by atoms with Crippen molar-refractivity contribution in [3.8, 4) is 5.75 Å². The Hall–Kier alpha value is -2.20. The third-order valence-corrected chi connectivity index (χ3v) is 3.28. The number of halogens is 1. The van der Waals surface area contributed by atoms with Gasteiger partial charge in [0, 0.05) is 11.3 Å². The van der Waals surface area contributed by atoms with Gasteiger partial charge in [-0.1, -0.05) is 11.6 Å². The van der Waals surface area contributed by atoms with Crippen LogP contribution in [0.5, 0.6) is 5.75 Å². The standard InChI is InChI=1S/C15H15ClN2O2/c1-9-7-11(20-2)4-6-14(9)18-15(19)10-3-5-12(16)13(17)8-10/h3-8H,17H2,1-2H3,(H,18,19). The number of hydrogen-bond acceptors (Lipinski definition) is 3. The highest BCUT2D eigenvalue weighted by atomic mass is 35.5. The molecule has 0 bridgehead atoms. The summed E-state index contributed by atoms with van der Waals surface area (Å²) in [6.45, 7) is 1.90. The number of nitrogen functional groups attached to an aromatic ring is 1. The maximum absolute atomic E-state index is 12.1. The zero-order valence-electron chi connectivity index (χ0n) is 11.2. The van der Waals surface area contributed by atoms with Gasteiger partial charge in [0.05, 0.1) is 17.8 Å². The Bertz CT molecular complexity index is 656. The minimum atomic E-state index is -0.235. The highest BCUT2D eigenvalue weighted by Gasteiger charge is 2.09. The van der Waals surface area contributed by atoms with E-state index in [1.165, 1.54) is 0 Å². The first-order chi connectivity index (χ1) is 9.51. The Morgan fingerprint density at radius 2 is 2.00 bits per heavy atom. The summed E-state index contributed by atoms with van der Waals surface area (Å²) in [5.41, 5.74) is 8.17. The predicted octanol–water partition coefficient (Wildman–Crippen LogP) is 3.49. The smallest absolute Gasteiger partial charge is 0.255 e. The SMILES string of the molecule is COc1ccc(NC(=O)c2ccc(Cl)c(N)c2)c(C)c1. The van der Waals surface area contributed by atoms with Crippen molar-refractivity contribution in [1.82, 2.24) is 0 Å². The number of methoxy groups -OCH3 is 1. The van der Waals surface area contributed by atoms with Crippen molar-refractivity contribution in [2.24, 2.45) is 0 Å². The third-order valence-electron chi connectivity index (χ3n) is 2.94. The van der Waals surface area contributed by atoms with Crippen LogP contribution in [0.2, 0.25) is 5.02 Å². The molecule has 0 radical (unpaired) electrons. The van der Waals surface area contributed by atoms with Gasteiger partial charge >= 0.3 is 0 Å². The molecule has 0 aliphatic heterocycles. The Morgan fingerprint density at radius 3 is 2.60 bits per heavy atom. The monoisotopic (exact) mass is 290 g/mol. The fourth-order valence-electron chi connectivity index (χ4n) is 1.78.